The van der Waals surface area contributed by atoms with E-state index in [1.54, 1.807) is 0 Å². The smallest absolute Gasteiger partial charge is 0.0550 e. The highest BCUT2D eigenvalue weighted by molar-refractivity contribution is 7.80. The molecule has 0 radical (unpaired) electrons. The second-order valence-corrected chi connectivity index (χ2v) is 5.39. The number of thiol groups is 1. The lowest BCUT2D eigenvalue weighted by Gasteiger charge is -2.30. The van der Waals surface area contributed by atoms with Crippen LogP contribution in [0.3, 0.4) is 0 Å². The molecule has 1 rings (SSSR count). The molecular formula is C15H24O2S. The van der Waals surface area contributed by atoms with Gasteiger partial charge in [0.1, 0.15) is 0 Å². The number of hydrogen-bond donors (Lipinski definition) is 3. The van der Waals surface area contributed by atoms with Crippen LogP contribution in [0.4, 0.5) is 0 Å². The molecule has 102 valence electrons. The largest absolute Gasteiger partial charge is 0.395 e. The molecule has 0 bridgehead atoms. The van der Waals surface area contributed by atoms with Crippen LogP contribution in [0.15, 0.2) is 23.1 Å². The highest BCUT2D eigenvalue weighted by atomic mass is 32.1. The molecular weight excluding hydrogens is 244 g/mol. The second kappa shape index (κ2) is 7.17. The summed E-state index contributed by atoms with van der Waals surface area (Å²) < 4.78 is 0. The van der Waals surface area contributed by atoms with E-state index in [2.05, 4.69) is 31.7 Å². The monoisotopic (exact) mass is 268 g/mol. The SMILES string of the molecule is CCCCc1ccc(C(CC)(CO)CO)c(S)c1. The zero-order valence-corrected chi connectivity index (χ0v) is 12.2. The van der Waals surface area contributed by atoms with E-state index in [9.17, 15) is 10.2 Å². The molecule has 0 atom stereocenters. The third-order valence-electron chi connectivity index (χ3n) is 3.73. The van der Waals surface area contributed by atoms with Crippen molar-refractivity contribution in [1.82, 2.24) is 0 Å². The summed E-state index contributed by atoms with van der Waals surface area (Å²) in [6, 6.07) is 6.15. The van der Waals surface area contributed by atoms with Crippen molar-refractivity contribution >= 4 is 12.6 Å². The number of benzene rings is 1. The maximum atomic E-state index is 9.57. The van der Waals surface area contributed by atoms with Crippen molar-refractivity contribution < 1.29 is 10.2 Å². The fourth-order valence-electron chi connectivity index (χ4n) is 2.20. The molecule has 2 nitrogen and oxygen atoms in total. The highest BCUT2D eigenvalue weighted by Crippen LogP contribution is 2.32. The van der Waals surface area contributed by atoms with Crippen molar-refractivity contribution in [1.29, 1.82) is 0 Å². The van der Waals surface area contributed by atoms with Crippen molar-refractivity contribution in [3.63, 3.8) is 0 Å². The van der Waals surface area contributed by atoms with Crippen molar-refractivity contribution in [3.05, 3.63) is 29.3 Å². The molecule has 0 aliphatic rings. The minimum Gasteiger partial charge on any atom is -0.395 e. The number of unbranched alkanes of at least 4 members (excludes halogenated alkanes) is 1. The first-order valence-electron chi connectivity index (χ1n) is 6.67. The van der Waals surface area contributed by atoms with Gasteiger partial charge in [-0.05, 0) is 36.5 Å². The Bertz CT molecular complexity index is 364. The van der Waals surface area contributed by atoms with Gasteiger partial charge >= 0.3 is 0 Å². The van der Waals surface area contributed by atoms with Gasteiger partial charge < -0.3 is 10.2 Å². The van der Waals surface area contributed by atoms with Gasteiger partial charge in [0.25, 0.3) is 0 Å². The van der Waals surface area contributed by atoms with Gasteiger partial charge in [0.05, 0.1) is 13.2 Å². The number of hydrogen-bond acceptors (Lipinski definition) is 3. The summed E-state index contributed by atoms with van der Waals surface area (Å²) in [4.78, 5) is 0.869. The molecule has 18 heavy (non-hydrogen) atoms. The molecule has 0 unspecified atom stereocenters. The van der Waals surface area contributed by atoms with Gasteiger partial charge in [0.2, 0.25) is 0 Å². The van der Waals surface area contributed by atoms with Gasteiger partial charge in [-0.3, -0.25) is 0 Å². The molecule has 0 saturated carbocycles. The highest BCUT2D eigenvalue weighted by Gasteiger charge is 2.30. The predicted octanol–water partition coefficient (Wildman–Crippen LogP) is 2.95. The summed E-state index contributed by atoms with van der Waals surface area (Å²) >= 11 is 4.52. The van der Waals surface area contributed by atoms with Gasteiger partial charge in [-0.25, -0.2) is 0 Å². The number of aliphatic hydroxyl groups is 2. The lowest BCUT2D eigenvalue weighted by atomic mass is 9.79. The Morgan fingerprint density at radius 3 is 2.28 bits per heavy atom. The molecule has 0 spiro atoms. The molecule has 0 aromatic heterocycles. The molecule has 0 saturated heterocycles. The summed E-state index contributed by atoms with van der Waals surface area (Å²) in [5.74, 6) is 0. The normalized spacial score (nSPS) is 11.8. The lowest BCUT2D eigenvalue weighted by Crippen LogP contribution is -2.34. The van der Waals surface area contributed by atoms with Gasteiger partial charge in [-0.1, -0.05) is 32.4 Å². The Kier molecular flexibility index (Phi) is 6.19. The lowest BCUT2D eigenvalue weighted by molar-refractivity contribution is 0.111. The molecule has 0 aliphatic carbocycles. The Balaban J connectivity index is 3.03. The van der Waals surface area contributed by atoms with Crippen LogP contribution in [0.2, 0.25) is 0 Å². The number of aryl methyl sites for hydroxylation is 1. The van der Waals surface area contributed by atoms with E-state index in [0.29, 0.717) is 6.42 Å². The Morgan fingerprint density at radius 2 is 1.83 bits per heavy atom. The molecule has 0 heterocycles. The number of aliphatic hydroxyl groups excluding tert-OH is 2. The van der Waals surface area contributed by atoms with Crippen molar-refractivity contribution in [2.75, 3.05) is 13.2 Å². The van der Waals surface area contributed by atoms with Crippen molar-refractivity contribution in [3.8, 4) is 0 Å². The van der Waals surface area contributed by atoms with Crippen LogP contribution >= 0.6 is 12.6 Å². The first kappa shape index (κ1) is 15.5. The molecule has 2 N–H and O–H groups in total. The van der Waals surface area contributed by atoms with E-state index in [1.165, 1.54) is 18.4 Å². The van der Waals surface area contributed by atoms with Crippen molar-refractivity contribution in [2.45, 2.75) is 49.8 Å². The number of rotatable bonds is 7. The molecule has 0 fully saturated rings. The molecule has 0 amide bonds. The van der Waals surface area contributed by atoms with Crippen LogP contribution in [-0.2, 0) is 11.8 Å². The van der Waals surface area contributed by atoms with E-state index in [4.69, 9.17) is 0 Å². The maximum absolute atomic E-state index is 9.57. The summed E-state index contributed by atoms with van der Waals surface area (Å²) in [6.45, 7) is 4.05. The van der Waals surface area contributed by atoms with E-state index in [1.807, 2.05) is 13.0 Å². The summed E-state index contributed by atoms with van der Waals surface area (Å²) in [5, 5.41) is 19.1. The fraction of sp³-hybridized carbons (Fsp3) is 0.600. The van der Waals surface area contributed by atoms with Crippen LogP contribution in [0.1, 0.15) is 44.2 Å². The third-order valence-corrected chi connectivity index (χ3v) is 4.10. The van der Waals surface area contributed by atoms with Gasteiger partial charge in [-0.2, -0.15) is 0 Å². The summed E-state index contributed by atoms with van der Waals surface area (Å²) in [7, 11) is 0. The second-order valence-electron chi connectivity index (χ2n) is 4.91. The first-order valence-corrected chi connectivity index (χ1v) is 7.12. The third kappa shape index (κ3) is 3.28. The van der Waals surface area contributed by atoms with Gasteiger partial charge in [-0.15, -0.1) is 12.6 Å². The zero-order valence-electron chi connectivity index (χ0n) is 11.3. The van der Waals surface area contributed by atoms with E-state index < -0.39 is 5.41 Å². The van der Waals surface area contributed by atoms with Crippen molar-refractivity contribution in [2.24, 2.45) is 0 Å². The minimum absolute atomic E-state index is 0.0537. The van der Waals surface area contributed by atoms with Crippen LogP contribution < -0.4 is 0 Å². The minimum atomic E-state index is -0.569. The van der Waals surface area contributed by atoms with Crippen LogP contribution in [0.25, 0.3) is 0 Å². The Labute approximate surface area is 115 Å². The predicted molar refractivity (Wildman–Crippen MR) is 78.4 cm³/mol. The quantitative estimate of drug-likeness (QED) is 0.665. The molecule has 0 aliphatic heterocycles. The summed E-state index contributed by atoms with van der Waals surface area (Å²) in [6.07, 6.45) is 4.10. The zero-order chi connectivity index (χ0) is 13.6. The van der Waals surface area contributed by atoms with E-state index in [0.717, 1.165) is 16.9 Å². The Morgan fingerprint density at radius 1 is 1.17 bits per heavy atom. The van der Waals surface area contributed by atoms with Gasteiger partial charge in [0.15, 0.2) is 0 Å². The van der Waals surface area contributed by atoms with Gasteiger partial charge in [0, 0.05) is 10.3 Å². The van der Waals surface area contributed by atoms with E-state index in [-0.39, 0.29) is 13.2 Å². The van der Waals surface area contributed by atoms with Crippen LogP contribution in [0, 0.1) is 0 Å². The first-order chi connectivity index (χ1) is 8.63. The van der Waals surface area contributed by atoms with Crippen LogP contribution in [-0.4, -0.2) is 23.4 Å². The Hall–Kier alpha value is -0.510. The molecule has 3 heteroatoms. The summed E-state index contributed by atoms with van der Waals surface area (Å²) in [5.41, 5.74) is 1.64. The fourth-order valence-corrected chi connectivity index (χ4v) is 2.67. The maximum Gasteiger partial charge on any atom is 0.0550 e. The topological polar surface area (TPSA) is 40.5 Å². The average molecular weight is 268 g/mol. The van der Waals surface area contributed by atoms with E-state index >= 15 is 0 Å². The molecule has 1 aromatic carbocycles. The average Bonchev–Trinajstić information content (AvgIpc) is 2.40. The molecule has 1 aromatic rings. The standard InChI is InChI=1S/C15H24O2S/c1-3-5-6-12-7-8-13(14(18)9-12)15(4-2,10-16)11-17/h7-9,16-18H,3-6,10-11H2,1-2H3. The van der Waals surface area contributed by atoms with Crippen LogP contribution in [0.5, 0.6) is 0 Å².